The Morgan fingerprint density at radius 1 is 1.25 bits per heavy atom. The van der Waals surface area contributed by atoms with E-state index >= 15 is 0 Å². The summed E-state index contributed by atoms with van der Waals surface area (Å²) in [5.74, 6) is 1.50. The van der Waals surface area contributed by atoms with Crippen LogP contribution in [-0.4, -0.2) is 32.7 Å². The zero-order valence-corrected chi connectivity index (χ0v) is 16.5. The largest absolute Gasteiger partial charge is 0.497 e. The number of carbonyl (C=O) groups is 1. The molecule has 3 atom stereocenters. The first-order valence-corrected chi connectivity index (χ1v) is 9.46. The monoisotopic (exact) mass is 380 g/mol. The summed E-state index contributed by atoms with van der Waals surface area (Å²) in [7, 11) is 3.31. The van der Waals surface area contributed by atoms with Crippen LogP contribution in [0.1, 0.15) is 36.9 Å². The van der Waals surface area contributed by atoms with Crippen LogP contribution in [0.5, 0.6) is 11.5 Å². The van der Waals surface area contributed by atoms with Crippen LogP contribution in [0.4, 0.5) is 5.69 Å². The molecule has 0 radical (unpaired) electrons. The number of nitrogens with zero attached hydrogens (tertiary/aromatic N) is 1. The summed E-state index contributed by atoms with van der Waals surface area (Å²) < 4.78 is 11.0. The van der Waals surface area contributed by atoms with Crippen LogP contribution >= 0.6 is 0 Å². The second kappa shape index (κ2) is 8.77. The van der Waals surface area contributed by atoms with Crippen LogP contribution in [0.15, 0.2) is 42.5 Å². The molecule has 28 heavy (non-hydrogen) atoms. The quantitative estimate of drug-likeness (QED) is 0.807. The lowest BCUT2D eigenvalue weighted by atomic mass is 10.0. The summed E-state index contributed by atoms with van der Waals surface area (Å²) in [4.78, 5) is 14.1. The smallest absolute Gasteiger partial charge is 0.282 e. The highest BCUT2D eigenvalue weighted by atomic mass is 16.5. The molecule has 0 aliphatic carbocycles. The van der Waals surface area contributed by atoms with E-state index in [0.717, 1.165) is 36.4 Å². The minimum absolute atomic E-state index is 0.0912. The number of likely N-dealkylation sites (tertiary alicyclic amines) is 1. The molecule has 1 unspecified atom stereocenters. The SMILES string of the molecule is COc1ccc(OC)c([C@H]2CCC[NH+]2[C@@H](C)C(=O)Nc2ccccc2C#N)c1. The molecule has 0 bridgehead atoms. The summed E-state index contributed by atoms with van der Waals surface area (Å²) in [6.07, 6.45) is 2.01. The van der Waals surface area contributed by atoms with Crippen LogP contribution in [-0.2, 0) is 4.79 Å². The van der Waals surface area contributed by atoms with Gasteiger partial charge in [0, 0.05) is 12.8 Å². The lowest BCUT2D eigenvalue weighted by Crippen LogP contribution is -3.15. The number of nitriles is 1. The Balaban J connectivity index is 1.82. The second-order valence-corrected chi connectivity index (χ2v) is 7.00. The van der Waals surface area contributed by atoms with Crippen molar-refractivity contribution in [3.8, 4) is 17.6 Å². The van der Waals surface area contributed by atoms with Crippen molar-refractivity contribution in [2.24, 2.45) is 0 Å². The van der Waals surface area contributed by atoms with Gasteiger partial charge in [-0.15, -0.1) is 0 Å². The molecule has 1 fully saturated rings. The van der Waals surface area contributed by atoms with Gasteiger partial charge in [-0.1, -0.05) is 12.1 Å². The maximum absolute atomic E-state index is 12.9. The summed E-state index contributed by atoms with van der Waals surface area (Å²) in [6.45, 7) is 2.84. The third-order valence-corrected chi connectivity index (χ3v) is 5.47. The Hall–Kier alpha value is -3.04. The lowest BCUT2D eigenvalue weighted by Gasteiger charge is -2.28. The van der Waals surface area contributed by atoms with Crippen molar-refractivity contribution < 1.29 is 19.2 Å². The third-order valence-electron chi connectivity index (χ3n) is 5.47. The summed E-state index contributed by atoms with van der Waals surface area (Å²) in [5.41, 5.74) is 2.08. The first kappa shape index (κ1) is 19.7. The topological polar surface area (TPSA) is 75.8 Å². The van der Waals surface area contributed by atoms with Gasteiger partial charge in [-0.2, -0.15) is 5.26 Å². The molecule has 6 heteroatoms. The standard InChI is InChI=1S/C22H25N3O3/c1-15(22(26)24-19-8-5-4-7-16(19)14-23)25-12-6-9-20(25)18-13-17(27-2)10-11-21(18)28-3/h4-5,7-8,10-11,13,15,20H,6,9,12H2,1-3H3,(H,24,26)/p+1/t15-,20+/m0/s1. The number of quaternary nitrogens is 1. The van der Waals surface area contributed by atoms with Gasteiger partial charge in [0.15, 0.2) is 6.04 Å². The van der Waals surface area contributed by atoms with Crippen molar-refractivity contribution in [2.75, 3.05) is 26.1 Å². The predicted molar refractivity (Wildman–Crippen MR) is 107 cm³/mol. The number of anilines is 1. The summed E-state index contributed by atoms with van der Waals surface area (Å²) in [6, 6.07) is 14.9. The fourth-order valence-corrected chi connectivity index (χ4v) is 3.95. The summed E-state index contributed by atoms with van der Waals surface area (Å²) in [5, 5.41) is 12.2. The van der Waals surface area contributed by atoms with Crippen LogP contribution in [0.25, 0.3) is 0 Å². The molecule has 0 aromatic heterocycles. The fourth-order valence-electron chi connectivity index (χ4n) is 3.95. The normalized spacial score (nSPS) is 19.5. The number of amides is 1. The van der Waals surface area contributed by atoms with Gasteiger partial charge < -0.3 is 19.7 Å². The number of para-hydroxylation sites is 1. The Morgan fingerprint density at radius 3 is 2.75 bits per heavy atom. The van der Waals surface area contributed by atoms with Crippen molar-refractivity contribution >= 4 is 11.6 Å². The lowest BCUT2D eigenvalue weighted by molar-refractivity contribution is -0.932. The van der Waals surface area contributed by atoms with Gasteiger partial charge in [0.25, 0.3) is 5.91 Å². The number of hydrogen-bond acceptors (Lipinski definition) is 4. The molecule has 2 aromatic carbocycles. The predicted octanol–water partition coefficient (Wildman–Crippen LogP) is 2.32. The zero-order chi connectivity index (χ0) is 20.1. The van der Waals surface area contributed by atoms with Crippen LogP contribution in [0.3, 0.4) is 0 Å². The van der Waals surface area contributed by atoms with Gasteiger partial charge in [0.2, 0.25) is 0 Å². The highest BCUT2D eigenvalue weighted by Gasteiger charge is 2.38. The Morgan fingerprint density at radius 2 is 2.04 bits per heavy atom. The van der Waals surface area contributed by atoms with E-state index in [2.05, 4.69) is 11.4 Å². The van der Waals surface area contributed by atoms with E-state index < -0.39 is 0 Å². The fraction of sp³-hybridized carbons (Fsp3) is 0.364. The summed E-state index contributed by atoms with van der Waals surface area (Å²) >= 11 is 0. The Labute approximate surface area is 165 Å². The second-order valence-electron chi connectivity index (χ2n) is 7.00. The number of methoxy groups -OCH3 is 2. The van der Waals surface area contributed by atoms with Gasteiger partial charge >= 0.3 is 0 Å². The molecular formula is C22H26N3O3+. The minimum atomic E-state index is -0.268. The number of benzene rings is 2. The van der Waals surface area contributed by atoms with Gasteiger partial charge in [-0.25, -0.2) is 0 Å². The van der Waals surface area contributed by atoms with Crippen molar-refractivity contribution in [1.82, 2.24) is 0 Å². The molecule has 3 rings (SSSR count). The van der Waals surface area contributed by atoms with Crippen LogP contribution in [0.2, 0.25) is 0 Å². The van der Waals surface area contributed by atoms with Crippen LogP contribution in [0, 0.1) is 11.3 Å². The van der Waals surface area contributed by atoms with Gasteiger partial charge in [0.05, 0.1) is 37.6 Å². The molecule has 1 amide bonds. The van der Waals surface area contributed by atoms with Crippen LogP contribution < -0.4 is 19.7 Å². The first-order valence-electron chi connectivity index (χ1n) is 9.46. The zero-order valence-electron chi connectivity index (χ0n) is 16.5. The number of carbonyl (C=O) groups excluding carboxylic acids is 1. The van der Waals surface area contributed by atoms with E-state index in [4.69, 9.17) is 9.47 Å². The first-order chi connectivity index (χ1) is 13.6. The van der Waals surface area contributed by atoms with E-state index in [0.29, 0.717) is 11.3 Å². The number of ether oxygens (including phenoxy) is 2. The van der Waals surface area contributed by atoms with Crippen molar-refractivity contribution in [3.05, 3.63) is 53.6 Å². The molecule has 2 aromatic rings. The minimum Gasteiger partial charge on any atom is -0.497 e. The number of hydrogen-bond donors (Lipinski definition) is 2. The average molecular weight is 380 g/mol. The molecule has 6 nitrogen and oxygen atoms in total. The molecular weight excluding hydrogens is 354 g/mol. The molecule has 1 aliphatic rings. The molecule has 1 aliphatic heterocycles. The van der Waals surface area contributed by atoms with E-state index in [1.807, 2.05) is 31.2 Å². The third kappa shape index (κ3) is 3.95. The van der Waals surface area contributed by atoms with E-state index in [9.17, 15) is 10.1 Å². The molecule has 146 valence electrons. The number of nitrogens with one attached hydrogen (secondary N) is 2. The van der Waals surface area contributed by atoms with Gasteiger partial charge in [-0.3, -0.25) is 4.79 Å². The van der Waals surface area contributed by atoms with Crippen molar-refractivity contribution in [1.29, 1.82) is 5.26 Å². The van der Waals surface area contributed by atoms with Gasteiger partial charge in [-0.05, 0) is 37.3 Å². The van der Waals surface area contributed by atoms with Gasteiger partial charge in [0.1, 0.15) is 23.6 Å². The molecule has 0 saturated carbocycles. The maximum atomic E-state index is 12.9. The Bertz CT molecular complexity index is 891. The van der Waals surface area contributed by atoms with E-state index in [1.54, 1.807) is 32.4 Å². The number of rotatable bonds is 6. The van der Waals surface area contributed by atoms with Crippen molar-refractivity contribution in [2.45, 2.75) is 31.8 Å². The van der Waals surface area contributed by atoms with Crippen molar-refractivity contribution in [3.63, 3.8) is 0 Å². The molecule has 2 N–H and O–H groups in total. The molecule has 0 spiro atoms. The van der Waals surface area contributed by atoms with E-state index in [-0.39, 0.29) is 18.0 Å². The average Bonchev–Trinajstić information content (AvgIpc) is 3.22. The maximum Gasteiger partial charge on any atom is 0.282 e. The van der Waals surface area contributed by atoms with E-state index in [1.165, 1.54) is 4.90 Å². The Kier molecular flexibility index (Phi) is 6.17. The highest BCUT2D eigenvalue weighted by Crippen LogP contribution is 2.32. The molecule has 1 heterocycles. The molecule has 1 saturated heterocycles. The highest BCUT2D eigenvalue weighted by molar-refractivity contribution is 5.94.